The highest BCUT2D eigenvalue weighted by atomic mass is 32.1. The smallest absolute Gasteiger partial charge is 0.240 e. The number of nitrogens with zero attached hydrogens (tertiary/aromatic N) is 2. The summed E-state index contributed by atoms with van der Waals surface area (Å²) >= 11 is 5.29. The molecule has 0 unspecified atom stereocenters. The fourth-order valence-corrected chi connectivity index (χ4v) is 3.23. The van der Waals surface area contributed by atoms with E-state index in [9.17, 15) is 4.79 Å². The van der Waals surface area contributed by atoms with E-state index in [-0.39, 0.29) is 19.2 Å². The summed E-state index contributed by atoms with van der Waals surface area (Å²) < 4.78 is 12.8. The number of fused-ring (bicyclic) bond motifs is 1. The third kappa shape index (κ3) is 3.91. The van der Waals surface area contributed by atoms with Gasteiger partial charge in [0.1, 0.15) is 6.54 Å². The van der Waals surface area contributed by atoms with Crippen LogP contribution in [0.25, 0.3) is 11.4 Å². The van der Waals surface area contributed by atoms with Gasteiger partial charge in [0.05, 0.1) is 0 Å². The van der Waals surface area contributed by atoms with Crippen LogP contribution in [0.3, 0.4) is 0 Å². The number of aromatic amines is 1. The number of nitrogens with one attached hydrogen (secondary N) is 2. The van der Waals surface area contributed by atoms with E-state index in [1.54, 1.807) is 4.57 Å². The molecule has 0 saturated carbocycles. The van der Waals surface area contributed by atoms with E-state index in [0.717, 1.165) is 28.2 Å². The second-order valence-corrected chi connectivity index (χ2v) is 6.98. The van der Waals surface area contributed by atoms with Crippen molar-refractivity contribution in [3.63, 3.8) is 0 Å². The van der Waals surface area contributed by atoms with Crippen LogP contribution < -0.4 is 14.8 Å². The average Bonchev–Trinajstić information content (AvgIpc) is 3.29. The van der Waals surface area contributed by atoms with Gasteiger partial charge in [0, 0.05) is 12.1 Å². The number of hydrogen-bond acceptors (Lipinski definition) is 5. The summed E-state index contributed by atoms with van der Waals surface area (Å²) in [5, 5.41) is 9.97. The van der Waals surface area contributed by atoms with Gasteiger partial charge in [0.25, 0.3) is 0 Å². The van der Waals surface area contributed by atoms with Crippen molar-refractivity contribution in [3.05, 3.63) is 58.4 Å². The molecule has 0 fully saturated rings. The number of carbonyl (C=O) groups excluding carboxylic acids is 1. The molecular formula is C20H20N4O3S. The molecule has 0 spiro atoms. The monoisotopic (exact) mass is 396 g/mol. The molecule has 0 aliphatic carbocycles. The number of ether oxygens (including phenoxy) is 2. The molecule has 0 saturated heterocycles. The Morgan fingerprint density at radius 2 is 2.00 bits per heavy atom. The van der Waals surface area contributed by atoms with Gasteiger partial charge in [-0.3, -0.25) is 14.5 Å². The molecule has 0 bridgehead atoms. The number of aromatic nitrogens is 3. The molecule has 3 aromatic rings. The number of rotatable bonds is 6. The third-order valence-corrected chi connectivity index (χ3v) is 4.85. The fourth-order valence-electron chi connectivity index (χ4n) is 3.03. The second-order valence-electron chi connectivity index (χ2n) is 6.59. The summed E-state index contributed by atoms with van der Waals surface area (Å²) in [6, 6.07) is 13.7. The van der Waals surface area contributed by atoms with Crippen molar-refractivity contribution in [1.82, 2.24) is 20.1 Å². The molecule has 2 heterocycles. The minimum absolute atomic E-state index is 0.111. The fraction of sp³-hybridized carbons (Fsp3) is 0.250. The van der Waals surface area contributed by atoms with Crippen molar-refractivity contribution in [2.75, 3.05) is 13.3 Å². The summed E-state index contributed by atoms with van der Waals surface area (Å²) in [6.07, 6.45) is 0.698. The van der Waals surface area contributed by atoms with Gasteiger partial charge in [-0.25, -0.2) is 0 Å². The zero-order valence-corrected chi connectivity index (χ0v) is 16.2. The summed E-state index contributed by atoms with van der Waals surface area (Å²) in [5.41, 5.74) is 3.14. The highest BCUT2D eigenvalue weighted by Gasteiger charge is 2.14. The number of amides is 1. The molecule has 8 heteroatoms. The van der Waals surface area contributed by atoms with Crippen LogP contribution in [-0.2, 0) is 17.8 Å². The van der Waals surface area contributed by atoms with E-state index in [0.29, 0.717) is 23.6 Å². The Kier molecular flexibility index (Phi) is 5.12. The lowest BCUT2D eigenvalue weighted by Gasteiger charge is -2.09. The van der Waals surface area contributed by atoms with E-state index in [1.807, 2.05) is 49.4 Å². The minimum Gasteiger partial charge on any atom is -0.454 e. The Morgan fingerprint density at radius 3 is 2.82 bits per heavy atom. The van der Waals surface area contributed by atoms with Gasteiger partial charge in [0.15, 0.2) is 22.1 Å². The molecule has 28 heavy (non-hydrogen) atoms. The Balaban J connectivity index is 1.37. The SMILES string of the molecule is Cc1ccc(-c2n[nH]c(=S)n2CC(=O)NCCc2ccc3c(c2)OCO3)cc1. The molecule has 0 radical (unpaired) electrons. The number of carbonyl (C=O) groups is 1. The van der Waals surface area contributed by atoms with Crippen LogP contribution in [0, 0.1) is 11.7 Å². The predicted molar refractivity (Wildman–Crippen MR) is 107 cm³/mol. The molecule has 144 valence electrons. The summed E-state index contributed by atoms with van der Waals surface area (Å²) in [4.78, 5) is 12.4. The lowest BCUT2D eigenvalue weighted by Crippen LogP contribution is -2.29. The molecule has 1 amide bonds. The van der Waals surface area contributed by atoms with Crippen molar-refractivity contribution in [2.45, 2.75) is 19.9 Å². The number of hydrogen-bond donors (Lipinski definition) is 2. The average molecular weight is 396 g/mol. The zero-order valence-electron chi connectivity index (χ0n) is 15.4. The highest BCUT2D eigenvalue weighted by molar-refractivity contribution is 7.71. The van der Waals surface area contributed by atoms with Gasteiger partial charge in [-0.05, 0) is 43.3 Å². The van der Waals surface area contributed by atoms with Crippen LogP contribution in [0.2, 0.25) is 0 Å². The topological polar surface area (TPSA) is 81.2 Å². The summed E-state index contributed by atoms with van der Waals surface area (Å²) in [6.45, 7) is 2.90. The van der Waals surface area contributed by atoms with Gasteiger partial charge in [-0.15, -0.1) is 0 Å². The normalized spacial score (nSPS) is 12.2. The van der Waals surface area contributed by atoms with Crippen LogP contribution in [0.5, 0.6) is 11.5 Å². The third-order valence-electron chi connectivity index (χ3n) is 4.54. The van der Waals surface area contributed by atoms with Crippen molar-refractivity contribution in [3.8, 4) is 22.9 Å². The molecule has 0 atom stereocenters. The highest BCUT2D eigenvalue weighted by Crippen LogP contribution is 2.32. The zero-order chi connectivity index (χ0) is 19.5. The quantitative estimate of drug-likeness (QED) is 0.626. The van der Waals surface area contributed by atoms with E-state index in [2.05, 4.69) is 15.5 Å². The van der Waals surface area contributed by atoms with Gasteiger partial charge in [-0.1, -0.05) is 35.9 Å². The molecule has 1 aliphatic rings. The first-order valence-electron chi connectivity index (χ1n) is 8.97. The molecule has 2 N–H and O–H groups in total. The van der Waals surface area contributed by atoms with E-state index in [4.69, 9.17) is 21.7 Å². The largest absolute Gasteiger partial charge is 0.454 e. The van der Waals surface area contributed by atoms with Gasteiger partial charge < -0.3 is 14.8 Å². The van der Waals surface area contributed by atoms with Crippen molar-refractivity contribution >= 4 is 18.1 Å². The molecule has 1 aliphatic heterocycles. The number of benzene rings is 2. The van der Waals surface area contributed by atoms with E-state index >= 15 is 0 Å². The molecule has 2 aromatic carbocycles. The van der Waals surface area contributed by atoms with Crippen LogP contribution >= 0.6 is 12.2 Å². The Bertz CT molecular complexity index is 1060. The Morgan fingerprint density at radius 1 is 1.21 bits per heavy atom. The van der Waals surface area contributed by atoms with Gasteiger partial charge >= 0.3 is 0 Å². The van der Waals surface area contributed by atoms with Crippen molar-refractivity contribution in [1.29, 1.82) is 0 Å². The summed E-state index contributed by atoms with van der Waals surface area (Å²) in [5.74, 6) is 2.03. The lowest BCUT2D eigenvalue weighted by atomic mass is 10.1. The predicted octanol–water partition coefficient (Wildman–Crippen LogP) is 3.00. The van der Waals surface area contributed by atoms with E-state index in [1.165, 1.54) is 0 Å². The maximum absolute atomic E-state index is 12.4. The van der Waals surface area contributed by atoms with Crippen LogP contribution in [0.4, 0.5) is 0 Å². The number of H-pyrrole nitrogens is 1. The molecule has 4 rings (SSSR count). The minimum atomic E-state index is -0.119. The first kappa shape index (κ1) is 18.2. The first-order valence-corrected chi connectivity index (χ1v) is 9.38. The lowest BCUT2D eigenvalue weighted by molar-refractivity contribution is -0.121. The van der Waals surface area contributed by atoms with Crippen LogP contribution in [0.1, 0.15) is 11.1 Å². The molecule has 1 aromatic heterocycles. The number of aryl methyl sites for hydroxylation is 1. The van der Waals surface area contributed by atoms with Crippen molar-refractivity contribution < 1.29 is 14.3 Å². The standard InChI is InChI=1S/C20H20N4O3S/c1-13-2-5-15(6-3-13)19-22-23-20(28)24(19)11-18(25)21-9-8-14-4-7-16-17(10-14)27-12-26-16/h2-7,10H,8-9,11-12H2,1H3,(H,21,25)(H,23,28). The van der Waals surface area contributed by atoms with Crippen molar-refractivity contribution in [2.24, 2.45) is 0 Å². The molecule has 7 nitrogen and oxygen atoms in total. The maximum Gasteiger partial charge on any atom is 0.240 e. The molecular weight excluding hydrogens is 376 g/mol. The first-order chi connectivity index (χ1) is 13.6. The summed E-state index contributed by atoms with van der Waals surface area (Å²) in [7, 11) is 0. The van der Waals surface area contributed by atoms with Crippen LogP contribution in [-0.4, -0.2) is 34.0 Å². The van der Waals surface area contributed by atoms with Gasteiger partial charge in [-0.2, -0.15) is 5.10 Å². The van der Waals surface area contributed by atoms with Gasteiger partial charge in [0.2, 0.25) is 12.7 Å². The Hall–Kier alpha value is -3.13. The maximum atomic E-state index is 12.4. The Labute approximate surface area is 167 Å². The van der Waals surface area contributed by atoms with Crippen LogP contribution in [0.15, 0.2) is 42.5 Å². The van der Waals surface area contributed by atoms with E-state index < -0.39 is 0 Å². The second kappa shape index (κ2) is 7.85.